The van der Waals surface area contributed by atoms with Gasteiger partial charge in [-0.1, -0.05) is 30.4 Å². The van der Waals surface area contributed by atoms with Crippen LogP contribution in [0.5, 0.6) is 0 Å². The van der Waals surface area contributed by atoms with Gasteiger partial charge in [0.25, 0.3) is 5.91 Å². The van der Waals surface area contributed by atoms with Gasteiger partial charge in [0, 0.05) is 11.6 Å². The van der Waals surface area contributed by atoms with Gasteiger partial charge in [-0.2, -0.15) is 0 Å². The van der Waals surface area contributed by atoms with Gasteiger partial charge in [0.15, 0.2) is 0 Å². The number of rotatable bonds is 6. The van der Waals surface area contributed by atoms with E-state index in [-0.39, 0.29) is 25.2 Å². The smallest absolute Gasteiger partial charge is 0.251 e. The van der Waals surface area contributed by atoms with E-state index >= 15 is 0 Å². The van der Waals surface area contributed by atoms with Crippen molar-refractivity contribution in [2.45, 2.75) is 13.0 Å². The highest BCUT2D eigenvalue weighted by Crippen LogP contribution is 2.02. The van der Waals surface area contributed by atoms with Crippen molar-refractivity contribution in [3.63, 3.8) is 0 Å². The summed E-state index contributed by atoms with van der Waals surface area (Å²) in [5, 5.41) is 11.4. The lowest BCUT2D eigenvalue weighted by Gasteiger charge is -2.14. The lowest BCUT2D eigenvalue weighted by molar-refractivity contribution is -0.118. The van der Waals surface area contributed by atoms with Gasteiger partial charge >= 0.3 is 0 Å². The molecule has 0 spiro atoms. The summed E-state index contributed by atoms with van der Waals surface area (Å²) < 4.78 is 5.15. The van der Waals surface area contributed by atoms with Gasteiger partial charge in [-0.05, 0) is 19.1 Å². The summed E-state index contributed by atoms with van der Waals surface area (Å²) in [6, 6.07) is -0.0942. The largest absolute Gasteiger partial charge is 0.394 e. The molecule has 1 atom stereocenters. The fourth-order valence-electron chi connectivity index (χ4n) is 1.39. The molecule has 1 aliphatic carbocycles. The summed E-state index contributed by atoms with van der Waals surface area (Å²) in [5.74, 6) is -0.133. The van der Waals surface area contributed by atoms with Crippen LogP contribution in [0.15, 0.2) is 48.1 Å². The van der Waals surface area contributed by atoms with E-state index in [1.165, 1.54) is 0 Å². The second-order valence-corrected chi connectivity index (χ2v) is 3.92. The number of aliphatic hydroxyl groups excluding tert-OH is 1. The second-order valence-electron chi connectivity index (χ2n) is 3.92. The highest BCUT2D eigenvalue weighted by Gasteiger charge is 2.10. The van der Waals surface area contributed by atoms with E-state index in [0.29, 0.717) is 12.2 Å². The summed E-state index contributed by atoms with van der Waals surface area (Å²) >= 11 is 0. The van der Waals surface area contributed by atoms with Gasteiger partial charge in [0.2, 0.25) is 0 Å². The maximum atomic E-state index is 11.9. The zero-order valence-electron chi connectivity index (χ0n) is 10.5. The molecule has 2 N–H and O–H groups in total. The molecule has 1 aliphatic rings. The van der Waals surface area contributed by atoms with E-state index in [2.05, 4.69) is 5.32 Å². The fraction of sp³-hybridized carbons (Fsp3) is 0.357. The molecule has 18 heavy (non-hydrogen) atoms. The maximum absolute atomic E-state index is 11.9. The Balaban J connectivity index is 2.44. The van der Waals surface area contributed by atoms with Gasteiger partial charge in [0.1, 0.15) is 0 Å². The van der Waals surface area contributed by atoms with Crippen LogP contribution in [0.4, 0.5) is 0 Å². The van der Waals surface area contributed by atoms with Crippen molar-refractivity contribution in [2.24, 2.45) is 0 Å². The number of hydrogen-bond acceptors (Lipinski definition) is 3. The summed E-state index contributed by atoms with van der Waals surface area (Å²) in [6.07, 6.45) is 12.8. The second kappa shape index (κ2) is 8.44. The van der Waals surface area contributed by atoms with Crippen LogP contribution >= 0.6 is 0 Å². The molecule has 0 aromatic carbocycles. The molecule has 0 heterocycles. The molecule has 1 amide bonds. The van der Waals surface area contributed by atoms with E-state index in [1.807, 2.05) is 37.3 Å². The van der Waals surface area contributed by atoms with E-state index < -0.39 is 0 Å². The SMILES string of the molecule is CC(COCCO)NC(=O)C1=C/C=C\C=C/C=C1. The molecule has 0 aromatic heterocycles. The fourth-order valence-corrected chi connectivity index (χ4v) is 1.39. The minimum Gasteiger partial charge on any atom is -0.394 e. The summed E-state index contributed by atoms with van der Waals surface area (Å²) in [7, 11) is 0. The Kier molecular flexibility index (Phi) is 6.76. The molecule has 4 heteroatoms. The third-order valence-electron chi connectivity index (χ3n) is 2.24. The van der Waals surface area contributed by atoms with Crippen LogP contribution in [0.1, 0.15) is 6.92 Å². The molecular formula is C14H19NO3. The number of carbonyl (C=O) groups excluding carboxylic acids is 1. The average molecular weight is 249 g/mol. The molecule has 0 aromatic rings. The molecule has 0 fully saturated rings. The van der Waals surface area contributed by atoms with E-state index in [0.717, 1.165) is 0 Å². The number of hydrogen-bond donors (Lipinski definition) is 2. The zero-order chi connectivity index (χ0) is 13.2. The van der Waals surface area contributed by atoms with Gasteiger partial charge in [0.05, 0.1) is 19.8 Å². The lowest BCUT2D eigenvalue weighted by Crippen LogP contribution is -2.36. The first-order valence-corrected chi connectivity index (χ1v) is 5.95. The number of aliphatic hydroxyl groups is 1. The molecule has 1 rings (SSSR count). The molecule has 0 saturated heterocycles. The highest BCUT2D eigenvalue weighted by atomic mass is 16.5. The molecule has 98 valence electrons. The van der Waals surface area contributed by atoms with Crippen LogP contribution in [-0.4, -0.2) is 36.9 Å². The number of nitrogens with one attached hydrogen (secondary N) is 1. The molecule has 0 bridgehead atoms. The van der Waals surface area contributed by atoms with Crippen molar-refractivity contribution in [1.29, 1.82) is 0 Å². The predicted octanol–water partition coefficient (Wildman–Crippen LogP) is 1.11. The van der Waals surface area contributed by atoms with Crippen molar-refractivity contribution in [3.8, 4) is 0 Å². The predicted molar refractivity (Wildman–Crippen MR) is 71.0 cm³/mol. The molecule has 4 nitrogen and oxygen atoms in total. The standard InChI is InChI=1S/C14H19NO3/c1-12(11-18-10-9-16)15-14(17)13-7-5-3-2-4-6-8-13/h2-8,12,16H,9-11H2,1H3,(H,15,17)/b3-2-,4-2?,5-3?,6-4-,7-5?,8-6?,13-7?,13-8?. The van der Waals surface area contributed by atoms with Crippen molar-refractivity contribution in [3.05, 3.63) is 48.1 Å². The summed E-state index contributed by atoms with van der Waals surface area (Å²) in [4.78, 5) is 11.9. The Morgan fingerprint density at radius 2 is 2.06 bits per heavy atom. The Morgan fingerprint density at radius 3 is 2.83 bits per heavy atom. The molecule has 1 unspecified atom stereocenters. The maximum Gasteiger partial charge on any atom is 0.251 e. The minimum atomic E-state index is -0.133. The topological polar surface area (TPSA) is 58.6 Å². The minimum absolute atomic E-state index is 0.00825. The van der Waals surface area contributed by atoms with Gasteiger partial charge in [-0.15, -0.1) is 0 Å². The quantitative estimate of drug-likeness (QED) is 0.693. The van der Waals surface area contributed by atoms with Crippen LogP contribution in [0.25, 0.3) is 0 Å². The first kappa shape index (κ1) is 14.4. The van der Waals surface area contributed by atoms with Gasteiger partial charge in [-0.25, -0.2) is 0 Å². The van der Waals surface area contributed by atoms with E-state index in [9.17, 15) is 4.79 Å². The summed E-state index contributed by atoms with van der Waals surface area (Å²) in [5.41, 5.74) is 0.601. The molecule has 0 radical (unpaired) electrons. The number of carbonyl (C=O) groups is 1. The van der Waals surface area contributed by atoms with Crippen LogP contribution in [0, 0.1) is 0 Å². The average Bonchev–Trinajstić information content (AvgIpc) is 2.28. The first-order valence-electron chi connectivity index (χ1n) is 5.95. The van der Waals surface area contributed by atoms with Crippen LogP contribution in [0.3, 0.4) is 0 Å². The number of allylic oxidation sites excluding steroid dienone is 6. The Bertz CT molecular complexity index is 381. The third kappa shape index (κ3) is 5.61. The third-order valence-corrected chi connectivity index (χ3v) is 2.24. The van der Waals surface area contributed by atoms with Crippen molar-refractivity contribution in [2.75, 3.05) is 19.8 Å². The Hall–Kier alpha value is -1.65. The zero-order valence-corrected chi connectivity index (χ0v) is 10.5. The summed E-state index contributed by atoms with van der Waals surface area (Å²) in [6.45, 7) is 2.53. The monoisotopic (exact) mass is 249 g/mol. The normalized spacial score (nSPS) is 19.3. The van der Waals surface area contributed by atoms with Crippen molar-refractivity contribution in [1.82, 2.24) is 5.32 Å². The Morgan fingerprint density at radius 1 is 1.33 bits per heavy atom. The first-order chi connectivity index (χ1) is 8.74. The van der Waals surface area contributed by atoms with Crippen LogP contribution < -0.4 is 5.32 Å². The van der Waals surface area contributed by atoms with Crippen molar-refractivity contribution < 1.29 is 14.6 Å². The van der Waals surface area contributed by atoms with Gasteiger partial charge < -0.3 is 15.2 Å². The molecule has 0 aliphatic heterocycles. The Labute approximate surface area is 107 Å². The van der Waals surface area contributed by atoms with E-state index in [1.54, 1.807) is 12.2 Å². The molecule has 0 saturated carbocycles. The highest BCUT2D eigenvalue weighted by molar-refractivity contribution is 5.96. The van der Waals surface area contributed by atoms with Crippen LogP contribution in [-0.2, 0) is 9.53 Å². The number of amides is 1. The number of ether oxygens (including phenoxy) is 1. The lowest BCUT2D eigenvalue weighted by atomic mass is 10.1. The van der Waals surface area contributed by atoms with E-state index in [4.69, 9.17) is 9.84 Å². The molecular weight excluding hydrogens is 230 g/mol. The van der Waals surface area contributed by atoms with Crippen LogP contribution in [0.2, 0.25) is 0 Å². The van der Waals surface area contributed by atoms with Crippen molar-refractivity contribution >= 4 is 5.91 Å². The van der Waals surface area contributed by atoms with Gasteiger partial charge in [-0.3, -0.25) is 4.79 Å².